The van der Waals surface area contributed by atoms with E-state index in [1.807, 2.05) is 86.1 Å². The molecule has 0 saturated carbocycles. The fourth-order valence-corrected chi connectivity index (χ4v) is 4.71. The van der Waals surface area contributed by atoms with Crippen LogP contribution in [0.4, 0.5) is 5.69 Å². The van der Waals surface area contributed by atoms with E-state index in [9.17, 15) is 9.59 Å². The second-order valence-corrected chi connectivity index (χ2v) is 11.6. The quantitative estimate of drug-likeness (QED) is 0.350. The lowest BCUT2D eigenvalue weighted by molar-refractivity contribution is -0.123. The maximum absolute atomic E-state index is 14.2. The molecule has 4 aromatic rings. The van der Waals surface area contributed by atoms with Gasteiger partial charge in [0, 0.05) is 16.6 Å². The van der Waals surface area contributed by atoms with Crippen LogP contribution in [0.1, 0.15) is 69.2 Å². The number of fused-ring (bicyclic) bond motifs is 1. The van der Waals surface area contributed by atoms with Gasteiger partial charge in [0.1, 0.15) is 6.04 Å². The van der Waals surface area contributed by atoms with Crippen molar-refractivity contribution in [3.63, 3.8) is 0 Å². The van der Waals surface area contributed by atoms with E-state index in [1.165, 1.54) is 11.3 Å². The fourth-order valence-electron chi connectivity index (χ4n) is 4.03. The van der Waals surface area contributed by atoms with Crippen molar-refractivity contribution in [2.75, 3.05) is 4.90 Å². The van der Waals surface area contributed by atoms with Gasteiger partial charge < -0.3 is 5.32 Å². The Bertz CT molecular complexity index is 1330. The Morgan fingerprint density at radius 3 is 2.26 bits per heavy atom. The highest BCUT2D eigenvalue weighted by molar-refractivity contribution is 7.08. The molecule has 0 bridgehead atoms. The molecule has 0 spiro atoms. The SMILES string of the molecule is CC(C)(C)NC(=O)C(c1ccsc1)N(C(=O)c1n[nH]c2ccccc12)c1ccc(C(C)(C)C)cc1. The molecular formula is C28H32N4O2S. The zero-order valence-corrected chi connectivity index (χ0v) is 21.9. The first kappa shape index (κ1) is 24.7. The highest BCUT2D eigenvalue weighted by Crippen LogP contribution is 2.34. The van der Waals surface area contributed by atoms with E-state index in [0.29, 0.717) is 11.1 Å². The van der Waals surface area contributed by atoms with Crippen LogP contribution in [0.15, 0.2) is 65.4 Å². The van der Waals surface area contributed by atoms with Crippen LogP contribution >= 0.6 is 11.3 Å². The van der Waals surface area contributed by atoms with Crippen molar-refractivity contribution in [1.29, 1.82) is 0 Å². The predicted octanol–water partition coefficient (Wildman–Crippen LogP) is 6.22. The molecule has 1 atom stereocenters. The number of hydrogen-bond donors (Lipinski definition) is 2. The summed E-state index contributed by atoms with van der Waals surface area (Å²) in [5.74, 6) is -0.588. The standard InChI is InChI=1S/C28H32N4O2S/c1-27(2,3)19-11-13-20(14-12-19)32(26(34)23-21-9-7-8-10-22(21)30-31-23)24(18-15-16-35-17-18)25(33)29-28(4,5)6/h7-17,24H,1-6H3,(H,29,33)(H,30,31). The summed E-state index contributed by atoms with van der Waals surface area (Å²) in [5, 5.41) is 14.9. The van der Waals surface area contributed by atoms with Crippen LogP contribution in [-0.4, -0.2) is 27.6 Å². The molecule has 182 valence electrons. The summed E-state index contributed by atoms with van der Waals surface area (Å²) in [6.07, 6.45) is 0. The van der Waals surface area contributed by atoms with Gasteiger partial charge in [0.05, 0.1) is 5.52 Å². The highest BCUT2D eigenvalue weighted by atomic mass is 32.1. The molecule has 4 rings (SSSR count). The molecule has 0 aliphatic carbocycles. The minimum Gasteiger partial charge on any atom is -0.349 e. The number of aromatic nitrogens is 2. The van der Waals surface area contributed by atoms with Crippen LogP contribution in [0.25, 0.3) is 10.9 Å². The van der Waals surface area contributed by atoms with Crippen LogP contribution in [0.5, 0.6) is 0 Å². The lowest BCUT2D eigenvalue weighted by Crippen LogP contribution is -2.49. The molecule has 1 unspecified atom stereocenters. The number of carbonyl (C=O) groups excluding carboxylic acids is 2. The molecule has 0 radical (unpaired) electrons. The maximum atomic E-state index is 14.2. The number of amides is 2. The van der Waals surface area contributed by atoms with Gasteiger partial charge in [-0.15, -0.1) is 0 Å². The van der Waals surface area contributed by atoms with Crippen molar-refractivity contribution in [1.82, 2.24) is 15.5 Å². The van der Waals surface area contributed by atoms with Gasteiger partial charge in [-0.25, -0.2) is 0 Å². The first-order chi connectivity index (χ1) is 16.5. The van der Waals surface area contributed by atoms with E-state index in [0.717, 1.165) is 16.6 Å². The number of aromatic amines is 1. The van der Waals surface area contributed by atoms with Crippen molar-refractivity contribution >= 4 is 39.7 Å². The number of rotatable bonds is 5. The summed E-state index contributed by atoms with van der Waals surface area (Å²) >= 11 is 1.49. The molecule has 2 heterocycles. The zero-order valence-electron chi connectivity index (χ0n) is 21.0. The molecule has 0 aliphatic rings. The average molecular weight is 489 g/mol. The molecule has 0 saturated heterocycles. The van der Waals surface area contributed by atoms with Crippen molar-refractivity contribution in [3.8, 4) is 0 Å². The summed E-state index contributed by atoms with van der Waals surface area (Å²) in [4.78, 5) is 29.5. The van der Waals surface area contributed by atoms with Gasteiger partial charge in [0.15, 0.2) is 5.69 Å². The normalized spacial score (nSPS) is 13.0. The molecule has 2 aromatic heterocycles. The molecule has 0 aliphatic heterocycles. The Balaban J connectivity index is 1.88. The summed E-state index contributed by atoms with van der Waals surface area (Å²) in [5.41, 5.74) is 3.08. The molecule has 35 heavy (non-hydrogen) atoms. The van der Waals surface area contributed by atoms with E-state index < -0.39 is 11.6 Å². The van der Waals surface area contributed by atoms with Crippen LogP contribution in [0.2, 0.25) is 0 Å². The largest absolute Gasteiger partial charge is 0.349 e. The van der Waals surface area contributed by atoms with Crippen LogP contribution in [-0.2, 0) is 10.2 Å². The lowest BCUT2D eigenvalue weighted by atomic mass is 9.87. The van der Waals surface area contributed by atoms with Crippen molar-refractivity contribution in [2.45, 2.75) is 58.5 Å². The minimum atomic E-state index is -0.857. The topological polar surface area (TPSA) is 78.1 Å². The van der Waals surface area contributed by atoms with Gasteiger partial charge in [0.2, 0.25) is 5.91 Å². The number of benzene rings is 2. The van der Waals surface area contributed by atoms with Gasteiger partial charge >= 0.3 is 0 Å². The highest BCUT2D eigenvalue weighted by Gasteiger charge is 2.36. The van der Waals surface area contributed by atoms with E-state index >= 15 is 0 Å². The summed E-state index contributed by atoms with van der Waals surface area (Å²) in [7, 11) is 0. The third kappa shape index (κ3) is 5.30. The Labute approximate surface area is 210 Å². The number of thiophene rings is 1. The number of carbonyl (C=O) groups is 2. The predicted molar refractivity (Wildman–Crippen MR) is 143 cm³/mol. The third-order valence-electron chi connectivity index (χ3n) is 5.77. The van der Waals surface area contributed by atoms with Gasteiger partial charge in [-0.05, 0) is 72.3 Å². The summed E-state index contributed by atoms with van der Waals surface area (Å²) in [6.45, 7) is 12.2. The Morgan fingerprint density at radius 1 is 0.971 bits per heavy atom. The van der Waals surface area contributed by atoms with Crippen LogP contribution < -0.4 is 10.2 Å². The third-order valence-corrected chi connectivity index (χ3v) is 6.47. The van der Waals surface area contributed by atoms with Crippen LogP contribution in [0, 0.1) is 0 Å². The molecule has 2 amide bonds. The van der Waals surface area contributed by atoms with Crippen molar-refractivity contribution < 1.29 is 9.59 Å². The fraction of sp³-hybridized carbons (Fsp3) is 0.321. The Kier molecular flexibility index (Phi) is 6.56. The van der Waals surface area contributed by atoms with Crippen molar-refractivity contribution in [2.24, 2.45) is 0 Å². The minimum absolute atomic E-state index is 0.0395. The number of nitrogens with one attached hydrogen (secondary N) is 2. The van der Waals surface area contributed by atoms with E-state index in [2.05, 4.69) is 36.3 Å². The number of nitrogens with zero attached hydrogens (tertiary/aromatic N) is 2. The molecular weight excluding hydrogens is 456 g/mol. The first-order valence-electron chi connectivity index (χ1n) is 11.7. The Hall–Kier alpha value is -3.45. The number of H-pyrrole nitrogens is 1. The number of hydrogen-bond acceptors (Lipinski definition) is 4. The smallest absolute Gasteiger partial charge is 0.280 e. The summed E-state index contributed by atoms with van der Waals surface area (Å²) in [6, 6.07) is 16.4. The lowest BCUT2D eigenvalue weighted by Gasteiger charge is -2.33. The van der Waals surface area contributed by atoms with Gasteiger partial charge in [-0.2, -0.15) is 16.4 Å². The van der Waals surface area contributed by atoms with Crippen LogP contribution in [0.3, 0.4) is 0 Å². The molecule has 6 nitrogen and oxygen atoms in total. The second kappa shape index (κ2) is 9.30. The number of anilines is 1. The zero-order chi connectivity index (χ0) is 25.4. The molecule has 2 aromatic carbocycles. The number of para-hydroxylation sites is 1. The van der Waals surface area contributed by atoms with E-state index in [4.69, 9.17) is 0 Å². The Morgan fingerprint density at radius 2 is 1.66 bits per heavy atom. The van der Waals surface area contributed by atoms with E-state index in [-0.39, 0.29) is 22.9 Å². The average Bonchev–Trinajstić information content (AvgIpc) is 3.45. The molecule has 0 fully saturated rings. The monoisotopic (exact) mass is 488 g/mol. The van der Waals surface area contributed by atoms with Gasteiger partial charge in [-0.3, -0.25) is 19.6 Å². The molecule has 7 heteroatoms. The van der Waals surface area contributed by atoms with E-state index in [1.54, 1.807) is 4.90 Å². The second-order valence-electron chi connectivity index (χ2n) is 10.8. The maximum Gasteiger partial charge on any atom is 0.280 e. The molecule has 2 N–H and O–H groups in total. The van der Waals surface area contributed by atoms with Crippen molar-refractivity contribution in [3.05, 3.63) is 82.2 Å². The van der Waals surface area contributed by atoms with Gasteiger partial charge in [0.25, 0.3) is 5.91 Å². The first-order valence-corrected chi connectivity index (χ1v) is 12.6. The summed E-state index contributed by atoms with van der Waals surface area (Å²) < 4.78 is 0. The van der Waals surface area contributed by atoms with Gasteiger partial charge in [-0.1, -0.05) is 51.1 Å².